The molecular formula is C14H16O2. The van der Waals surface area contributed by atoms with E-state index in [1.807, 2.05) is 12.1 Å². The highest BCUT2D eigenvalue weighted by molar-refractivity contribution is 5.99. The van der Waals surface area contributed by atoms with Crippen LogP contribution in [0.25, 0.3) is 0 Å². The molecule has 2 nitrogen and oxygen atoms in total. The van der Waals surface area contributed by atoms with Gasteiger partial charge >= 0.3 is 0 Å². The Morgan fingerprint density at radius 1 is 1.31 bits per heavy atom. The molecule has 0 aliphatic heterocycles. The van der Waals surface area contributed by atoms with Crippen molar-refractivity contribution in [1.82, 2.24) is 0 Å². The molecule has 2 unspecified atom stereocenters. The molecule has 1 saturated carbocycles. The molecule has 0 spiro atoms. The van der Waals surface area contributed by atoms with Crippen LogP contribution in [0, 0.1) is 5.92 Å². The Morgan fingerprint density at radius 2 is 2.19 bits per heavy atom. The summed E-state index contributed by atoms with van der Waals surface area (Å²) in [5.41, 5.74) is 2.17. The Morgan fingerprint density at radius 3 is 3.00 bits per heavy atom. The maximum atomic E-state index is 12.0. The van der Waals surface area contributed by atoms with Crippen molar-refractivity contribution >= 4 is 5.78 Å². The van der Waals surface area contributed by atoms with E-state index in [0.29, 0.717) is 17.6 Å². The van der Waals surface area contributed by atoms with Crippen LogP contribution in [0.4, 0.5) is 0 Å². The molecule has 1 aromatic carbocycles. The number of benzene rings is 1. The normalized spacial score (nSPS) is 27.4. The van der Waals surface area contributed by atoms with Crippen molar-refractivity contribution in [3.05, 3.63) is 29.3 Å². The van der Waals surface area contributed by atoms with E-state index >= 15 is 0 Å². The number of hydrogen-bond acceptors (Lipinski definition) is 2. The number of ketones is 1. The largest absolute Gasteiger partial charge is 0.497 e. The second kappa shape index (κ2) is 3.62. The number of hydrogen-bond donors (Lipinski definition) is 0. The Balaban J connectivity index is 2.10. The van der Waals surface area contributed by atoms with Crippen LogP contribution in [0.5, 0.6) is 5.75 Å². The van der Waals surface area contributed by atoms with Gasteiger partial charge in [0.1, 0.15) is 5.75 Å². The second-order valence-electron chi connectivity index (χ2n) is 4.88. The third kappa shape index (κ3) is 1.36. The fourth-order valence-corrected chi connectivity index (χ4v) is 3.27. The van der Waals surface area contributed by atoms with Crippen molar-refractivity contribution in [3.8, 4) is 5.75 Å². The zero-order chi connectivity index (χ0) is 11.1. The molecule has 2 heteroatoms. The summed E-state index contributed by atoms with van der Waals surface area (Å²) in [5, 5.41) is 0. The van der Waals surface area contributed by atoms with Gasteiger partial charge in [0.05, 0.1) is 7.11 Å². The zero-order valence-corrected chi connectivity index (χ0v) is 9.53. The van der Waals surface area contributed by atoms with Crippen LogP contribution in [0.15, 0.2) is 18.2 Å². The monoisotopic (exact) mass is 216 g/mol. The van der Waals surface area contributed by atoms with E-state index in [2.05, 4.69) is 6.07 Å². The molecule has 0 heterocycles. The molecule has 2 aliphatic carbocycles. The van der Waals surface area contributed by atoms with Crippen molar-refractivity contribution in [3.63, 3.8) is 0 Å². The topological polar surface area (TPSA) is 26.3 Å². The second-order valence-corrected chi connectivity index (χ2v) is 4.88. The highest BCUT2D eigenvalue weighted by atomic mass is 16.5. The summed E-state index contributed by atoms with van der Waals surface area (Å²) in [6, 6.07) is 5.90. The molecule has 0 amide bonds. The molecule has 0 bridgehead atoms. The van der Waals surface area contributed by atoms with Crippen LogP contribution in [0.3, 0.4) is 0 Å². The summed E-state index contributed by atoms with van der Waals surface area (Å²) >= 11 is 0. The van der Waals surface area contributed by atoms with Crippen LogP contribution in [0.2, 0.25) is 0 Å². The molecule has 0 aromatic heterocycles. The third-order valence-corrected chi connectivity index (χ3v) is 4.07. The Kier molecular flexibility index (Phi) is 2.23. The van der Waals surface area contributed by atoms with E-state index < -0.39 is 0 Å². The fourth-order valence-electron chi connectivity index (χ4n) is 3.27. The molecule has 0 saturated heterocycles. The van der Waals surface area contributed by atoms with E-state index in [0.717, 1.165) is 17.7 Å². The van der Waals surface area contributed by atoms with Crippen LogP contribution < -0.4 is 4.74 Å². The fraction of sp³-hybridized carbons (Fsp3) is 0.500. The number of rotatable bonds is 1. The minimum Gasteiger partial charge on any atom is -0.497 e. The maximum absolute atomic E-state index is 12.0. The number of carbonyl (C=O) groups is 1. The van der Waals surface area contributed by atoms with Crippen molar-refractivity contribution in [2.45, 2.75) is 31.6 Å². The first-order valence-corrected chi connectivity index (χ1v) is 6.00. The molecule has 84 valence electrons. The van der Waals surface area contributed by atoms with E-state index in [1.165, 1.54) is 24.8 Å². The molecule has 1 aromatic rings. The summed E-state index contributed by atoms with van der Waals surface area (Å²) in [6.45, 7) is 0. The Hall–Kier alpha value is -1.31. The highest BCUT2D eigenvalue weighted by Gasteiger charge is 2.37. The van der Waals surface area contributed by atoms with Gasteiger partial charge in [0.25, 0.3) is 0 Å². The molecule has 16 heavy (non-hydrogen) atoms. The van der Waals surface area contributed by atoms with Crippen LogP contribution in [0.1, 0.15) is 47.5 Å². The molecule has 0 N–H and O–H groups in total. The lowest BCUT2D eigenvalue weighted by atomic mass is 9.76. The van der Waals surface area contributed by atoms with Crippen molar-refractivity contribution in [2.75, 3.05) is 7.11 Å². The number of carbonyl (C=O) groups excluding carboxylic acids is 1. The van der Waals surface area contributed by atoms with Gasteiger partial charge in [-0.25, -0.2) is 0 Å². The van der Waals surface area contributed by atoms with Crippen LogP contribution >= 0.6 is 0 Å². The first-order chi connectivity index (χ1) is 7.79. The Bertz CT molecular complexity index is 436. The lowest BCUT2D eigenvalue weighted by Crippen LogP contribution is -2.21. The Labute approximate surface area is 95.6 Å². The van der Waals surface area contributed by atoms with E-state index in [9.17, 15) is 4.79 Å². The summed E-state index contributed by atoms with van der Waals surface area (Å²) in [6.07, 6.45) is 4.47. The van der Waals surface area contributed by atoms with Gasteiger partial charge in [0.2, 0.25) is 0 Å². The van der Waals surface area contributed by atoms with E-state index in [4.69, 9.17) is 4.74 Å². The third-order valence-electron chi connectivity index (χ3n) is 4.07. The summed E-state index contributed by atoms with van der Waals surface area (Å²) in [4.78, 5) is 12.0. The average molecular weight is 216 g/mol. The number of Topliss-reactive ketones (excluding diaryl/α,β-unsaturated/α-hetero) is 1. The van der Waals surface area contributed by atoms with Gasteiger partial charge in [-0.15, -0.1) is 0 Å². The number of fused-ring (bicyclic) bond motifs is 3. The van der Waals surface area contributed by atoms with Gasteiger partial charge in [-0.05, 0) is 48.4 Å². The summed E-state index contributed by atoms with van der Waals surface area (Å²) in [5.74, 6) is 2.38. The first kappa shape index (κ1) is 9.88. The van der Waals surface area contributed by atoms with Gasteiger partial charge in [-0.3, -0.25) is 4.79 Å². The van der Waals surface area contributed by atoms with Gasteiger partial charge in [-0.2, -0.15) is 0 Å². The summed E-state index contributed by atoms with van der Waals surface area (Å²) < 4.78 is 5.25. The van der Waals surface area contributed by atoms with Crippen LogP contribution in [-0.4, -0.2) is 12.9 Å². The van der Waals surface area contributed by atoms with E-state index in [-0.39, 0.29) is 0 Å². The van der Waals surface area contributed by atoms with Gasteiger partial charge in [0.15, 0.2) is 5.78 Å². The average Bonchev–Trinajstić information content (AvgIpc) is 2.76. The van der Waals surface area contributed by atoms with Gasteiger partial charge < -0.3 is 4.74 Å². The molecule has 1 fully saturated rings. The SMILES string of the molecule is COc1ccc2c(c1)C1CCCC1CC2=O. The lowest BCUT2D eigenvalue weighted by Gasteiger charge is -2.27. The number of ether oxygens (including phenoxy) is 1. The van der Waals surface area contributed by atoms with Crippen molar-refractivity contribution in [1.29, 1.82) is 0 Å². The van der Waals surface area contributed by atoms with Gasteiger partial charge in [0, 0.05) is 12.0 Å². The van der Waals surface area contributed by atoms with E-state index in [1.54, 1.807) is 7.11 Å². The smallest absolute Gasteiger partial charge is 0.163 e. The minimum absolute atomic E-state index is 0.320. The number of methoxy groups -OCH3 is 1. The highest BCUT2D eigenvalue weighted by Crippen LogP contribution is 2.47. The molecule has 2 aliphatic rings. The lowest BCUT2D eigenvalue weighted by molar-refractivity contribution is 0.0943. The van der Waals surface area contributed by atoms with Crippen molar-refractivity contribution in [2.24, 2.45) is 5.92 Å². The predicted octanol–water partition coefficient (Wildman–Crippen LogP) is 3.17. The first-order valence-electron chi connectivity index (χ1n) is 6.00. The minimum atomic E-state index is 0.320. The zero-order valence-electron chi connectivity index (χ0n) is 9.53. The molecule has 2 atom stereocenters. The standard InChI is InChI=1S/C14H16O2/c1-16-10-5-6-12-13(8-10)11-4-2-3-9(11)7-14(12)15/h5-6,8-9,11H,2-4,7H2,1H3. The predicted molar refractivity (Wildman–Crippen MR) is 62.0 cm³/mol. The molecule has 3 rings (SSSR count). The quantitative estimate of drug-likeness (QED) is 0.720. The van der Waals surface area contributed by atoms with Crippen LogP contribution in [-0.2, 0) is 0 Å². The molecular weight excluding hydrogens is 200 g/mol. The van der Waals surface area contributed by atoms with Crippen molar-refractivity contribution < 1.29 is 9.53 Å². The van der Waals surface area contributed by atoms with Gasteiger partial charge in [-0.1, -0.05) is 6.42 Å². The maximum Gasteiger partial charge on any atom is 0.163 e. The summed E-state index contributed by atoms with van der Waals surface area (Å²) in [7, 11) is 1.68. The molecule has 0 radical (unpaired) electrons.